The molecule has 3 heteroatoms. The second-order valence-electron chi connectivity index (χ2n) is 4.95. The summed E-state index contributed by atoms with van der Waals surface area (Å²) in [7, 11) is 0. The summed E-state index contributed by atoms with van der Waals surface area (Å²) in [4.78, 5) is 0. The molecule has 21 heavy (non-hydrogen) atoms. The molecule has 106 valence electrons. The zero-order chi connectivity index (χ0) is 14.9. The van der Waals surface area contributed by atoms with Crippen molar-refractivity contribution in [2.24, 2.45) is 0 Å². The highest BCUT2D eigenvalue weighted by atomic mass is 19.4. The Labute approximate surface area is 120 Å². The molecule has 0 N–H and O–H groups in total. The summed E-state index contributed by atoms with van der Waals surface area (Å²) in [6.45, 7) is 0. The third-order valence-corrected chi connectivity index (χ3v) is 3.59. The SMILES string of the molecule is FC(F)(F)C(c1ccccc1)c1cccc2ccccc12. The predicted molar refractivity (Wildman–Crippen MR) is 78.3 cm³/mol. The lowest BCUT2D eigenvalue weighted by atomic mass is 9.87. The number of hydrogen-bond acceptors (Lipinski definition) is 0. The van der Waals surface area contributed by atoms with E-state index in [0.29, 0.717) is 10.9 Å². The zero-order valence-corrected chi connectivity index (χ0v) is 11.1. The first-order valence-corrected chi connectivity index (χ1v) is 6.67. The number of halogens is 3. The molecule has 3 rings (SSSR count). The first-order valence-electron chi connectivity index (χ1n) is 6.67. The summed E-state index contributed by atoms with van der Waals surface area (Å²) in [6.07, 6.45) is -4.33. The number of rotatable bonds is 2. The van der Waals surface area contributed by atoms with Gasteiger partial charge in [0.25, 0.3) is 0 Å². The summed E-state index contributed by atoms with van der Waals surface area (Å²) < 4.78 is 40.9. The van der Waals surface area contributed by atoms with Gasteiger partial charge >= 0.3 is 6.18 Å². The molecule has 0 aliphatic rings. The molecule has 0 saturated carbocycles. The van der Waals surface area contributed by atoms with Crippen molar-refractivity contribution in [2.45, 2.75) is 12.1 Å². The van der Waals surface area contributed by atoms with E-state index in [-0.39, 0.29) is 5.56 Å². The van der Waals surface area contributed by atoms with E-state index in [2.05, 4.69) is 0 Å². The van der Waals surface area contributed by atoms with E-state index in [1.54, 1.807) is 42.5 Å². The van der Waals surface area contributed by atoms with Gasteiger partial charge in [0.15, 0.2) is 0 Å². The van der Waals surface area contributed by atoms with Crippen molar-refractivity contribution in [3.05, 3.63) is 83.9 Å². The molecule has 0 bridgehead atoms. The third kappa shape index (κ3) is 2.64. The highest BCUT2D eigenvalue weighted by Crippen LogP contribution is 2.42. The van der Waals surface area contributed by atoms with Gasteiger partial charge < -0.3 is 0 Å². The fourth-order valence-corrected chi connectivity index (χ4v) is 2.69. The minimum absolute atomic E-state index is 0.265. The van der Waals surface area contributed by atoms with Crippen molar-refractivity contribution in [1.82, 2.24) is 0 Å². The van der Waals surface area contributed by atoms with Gasteiger partial charge in [-0.25, -0.2) is 0 Å². The first-order chi connectivity index (χ1) is 10.1. The van der Waals surface area contributed by atoms with Crippen LogP contribution in [0.5, 0.6) is 0 Å². The van der Waals surface area contributed by atoms with Crippen LogP contribution in [0.4, 0.5) is 13.2 Å². The van der Waals surface area contributed by atoms with Crippen molar-refractivity contribution in [3.63, 3.8) is 0 Å². The van der Waals surface area contributed by atoms with Gasteiger partial charge in [-0.1, -0.05) is 72.8 Å². The van der Waals surface area contributed by atoms with Crippen molar-refractivity contribution in [2.75, 3.05) is 0 Å². The highest BCUT2D eigenvalue weighted by Gasteiger charge is 2.42. The van der Waals surface area contributed by atoms with Gasteiger partial charge in [-0.3, -0.25) is 0 Å². The Morgan fingerprint density at radius 2 is 1.29 bits per heavy atom. The Kier molecular flexibility index (Phi) is 3.42. The van der Waals surface area contributed by atoms with E-state index in [0.717, 1.165) is 5.39 Å². The van der Waals surface area contributed by atoms with E-state index in [1.807, 2.05) is 18.2 Å². The van der Waals surface area contributed by atoms with E-state index < -0.39 is 12.1 Å². The molecule has 0 spiro atoms. The molecule has 1 atom stereocenters. The van der Waals surface area contributed by atoms with Crippen LogP contribution in [0.3, 0.4) is 0 Å². The van der Waals surface area contributed by atoms with Crippen molar-refractivity contribution in [3.8, 4) is 0 Å². The third-order valence-electron chi connectivity index (χ3n) is 3.59. The topological polar surface area (TPSA) is 0 Å². The summed E-state index contributed by atoms with van der Waals surface area (Å²) in [5, 5.41) is 1.46. The Hall–Kier alpha value is -2.29. The van der Waals surface area contributed by atoms with E-state index in [4.69, 9.17) is 0 Å². The van der Waals surface area contributed by atoms with E-state index in [1.165, 1.54) is 12.1 Å². The smallest absolute Gasteiger partial charge is 0.170 e. The quantitative estimate of drug-likeness (QED) is 0.580. The lowest BCUT2D eigenvalue weighted by Gasteiger charge is -2.22. The lowest BCUT2D eigenvalue weighted by molar-refractivity contribution is -0.140. The van der Waals surface area contributed by atoms with Gasteiger partial charge in [-0.15, -0.1) is 0 Å². The molecule has 0 aliphatic carbocycles. The fraction of sp³-hybridized carbons (Fsp3) is 0.111. The molecule has 0 radical (unpaired) electrons. The van der Waals surface area contributed by atoms with E-state index >= 15 is 0 Å². The molecule has 0 amide bonds. The largest absolute Gasteiger partial charge is 0.399 e. The monoisotopic (exact) mass is 286 g/mol. The number of hydrogen-bond donors (Lipinski definition) is 0. The minimum Gasteiger partial charge on any atom is -0.170 e. The van der Waals surface area contributed by atoms with Crippen LogP contribution in [0.2, 0.25) is 0 Å². The van der Waals surface area contributed by atoms with Crippen LogP contribution >= 0.6 is 0 Å². The maximum Gasteiger partial charge on any atom is 0.399 e. The van der Waals surface area contributed by atoms with Crippen LogP contribution in [0.25, 0.3) is 10.8 Å². The Balaban J connectivity index is 2.25. The summed E-state index contributed by atoms with van der Waals surface area (Å²) in [5.41, 5.74) is 0.563. The number of benzene rings is 3. The molecule has 0 heterocycles. The molecule has 0 aliphatic heterocycles. The normalized spacial score (nSPS) is 13.3. The maximum atomic E-state index is 13.6. The second-order valence-corrected chi connectivity index (χ2v) is 4.95. The molecule has 0 aromatic heterocycles. The summed E-state index contributed by atoms with van der Waals surface area (Å²) >= 11 is 0. The molecule has 0 fully saturated rings. The van der Waals surface area contributed by atoms with Gasteiger partial charge in [0.2, 0.25) is 0 Å². The first kappa shape index (κ1) is 13.7. The summed E-state index contributed by atoms with van der Waals surface area (Å²) in [5.74, 6) is -1.61. The Bertz CT molecular complexity index is 740. The van der Waals surface area contributed by atoms with Crippen LogP contribution in [0.15, 0.2) is 72.8 Å². The fourth-order valence-electron chi connectivity index (χ4n) is 2.69. The zero-order valence-electron chi connectivity index (χ0n) is 11.1. The molecule has 0 nitrogen and oxygen atoms in total. The standard InChI is InChI=1S/C18H13F3/c19-18(20,21)17(14-8-2-1-3-9-14)16-12-6-10-13-7-4-5-11-15(13)16/h1-12,17H. The van der Waals surface area contributed by atoms with Crippen LogP contribution in [-0.4, -0.2) is 6.18 Å². The molecule has 1 unspecified atom stereocenters. The van der Waals surface area contributed by atoms with Crippen molar-refractivity contribution < 1.29 is 13.2 Å². The van der Waals surface area contributed by atoms with Crippen LogP contribution in [-0.2, 0) is 0 Å². The number of fused-ring (bicyclic) bond motifs is 1. The Morgan fingerprint density at radius 1 is 0.667 bits per heavy atom. The second kappa shape index (κ2) is 5.24. The minimum atomic E-state index is -4.33. The number of alkyl halides is 3. The average molecular weight is 286 g/mol. The molecular formula is C18H13F3. The van der Waals surface area contributed by atoms with Crippen LogP contribution in [0.1, 0.15) is 17.0 Å². The van der Waals surface area contributed by atoms with Gasteiger partial charge in [0.1, 0.15) is 5.92 Å². The Morgan fingerprint density at radius 3 is 2.00 bits per heavy atom. The molecule has 3 aromatic carbocycles. The average Bonchev–Trinajstić information content (AvgIpc) is 2.47. The van der Waals surface area contributed by atoms with Crippen molar-refractivity contribution >= 4 is 10.8 Å². The molecular weight excluding hydrogens is 273 g/mol. The molecule has 3 aromatic rings. The van der Waals surface area contributed by atoms with Gasteiger partial charge in [0.05, 0.1) is 0 Å². The predicted octanol–water partition coefficient (Wildman–Crippen LogP) is 5.53. The van der Waals surface area contributed by atoms with Gasteiger partial charge in [-0.2, -0.15) is 13.2 Å². The summed E-state index contributed by atoms with van der Waals surface area (Å²) in [6, 6.07) is 20.3. The van der Waals surface area contributed by atoms with Crippen LogP contribution in [0, 0.1) is 0 Å². The maximum absolute atomic E-state index is 13.6. The van der Waals surface area contributed by atoms with E-state index in [9.17, 15) is 13.2 Å². The highest BCUT2D eigenvalue weighted by molar-refractivity contribution is 5.86. The van der Waals surface area contributed by atoms with Gasteiger partial charge in [0, 0.05) is 0 Å². The van der Waals surface area contributed by atoms with Gasteiger partial charge in [-0.05, 0) is 21.9 Å². The van der Waals surface area contributed by atoms with Crippen molar-refractivity contribution in [1.29, 1.82) is 0 Å². The van der Waals surface area contributed by atoms with Crippen LogP contribution < -0.4 is 0 Å². The molecule has 0 saturated heterocycles. The lowest BCUT2D eigenvalue weighted by Crippen LogP contribution is -2.22.